The van der Waals surface area contributed by atoms with Crippen molar-refractivity contribution in [3.8, 4) is 22.3 Å². The third kappa shape index (κ3) is 2.69. The fourth-order valence-corrected chi connectivity index (χ4v) is 4.94. The Kier molecular flexibility index (Phi) is 3.84. The van der Waals surface area contributed by atoms with Crippen LogP contribution < -0.4 is 0 Å². The molecule has 0 N–H and O–H groups in total. The Morgan fingerprint density at radius 1 is 0.455 bits per heavy atom. The number of fused-ring (bicyclic) bond motifs is 7. The number of hydrogen-bond acceptors (Lipinski definition) is 3. The summed E-state index contributed by atoms with van der Waals surface area (Å²) in [5.74, 6) is 0. The fraction of sp³-hybridized carbons (Fsp3) is 0. The van der Waals surface area contributed by atoms with Crippen LogP contribution in [0, 0.1) is 0 Å². The van der Waals surface area contributed by atoms with E-state index in [1.54, 1.807) is 0 Å². The van der Waals surface area contributed by atoms with Crippen LogP contribution in [0.15, 0.2) is 114 Å². The Balaban J connectivity index is 1.68. The minimum Gasteiger partial charge on any atom is -0.455 e. The van der Waals surface area contributed by atoms with Gasteiger partial charge in [-0.05, 0) is 46.2 Å². The van der Waals surface area contributed by atoms with Gasteiger partial charge in [0.2, 0.25) is 0 Å². The quantitative estimate of drug-likeness (QED) is 0.283. The molecular formula is C30H18N2O. The first-order chi connectivity index (χ1) is 16.4. The lowest BCUT2D eigenvalue weighted by Gasteiger charge is -2.08. The summed E-state index contributed by atoms with van der Waals surface area (Å²) in [7, 11) is 0. The van der Waals surface area contributed by atoms with Gasteiger partial charge in [0.1, 0.15) is 11.2 Å². The van der Waals surface area contributed by atoms with E-state index in [4.69, 9.17) is 4.42 Å². The average molecular weight is 422 g/mol. The molecule has 3 heterocycles. The molecule has 0 spiro atoms. The highest BCUT2D eigenvalue weighted by atomic mass is 16.3. The minimum absolute atomic E-state index is 0.918. The van der Waals surface area contributed by atoms with Crippen molar-refractivity contribution in [2.45, 2.75) is 0 Å². The number of nitrogens with zero attached hydrogens (tertiary/aromatic N) is 2. The van der Waals surface area contributed by atoms with Crippen molar-refractivity contribution < 1.29 is 4.42 Å². The molecule has 3 heteroatoms. The largest absolute Gasteiger partial charge is 0.455 e. The summed E-state index contributed by atoms with van der Waals surface area (Å²) in [6.45, 7) is 0. The van der Waals surface area contributed by atoms with E-state index < -0.39 is 0 Å². The molecule has 154 valence electrons. The van der Waals surface area contributed by atoms with Crippen molar-refractivity contribution >= 4 is 43.5 Å². The molecule has 0 bridgehead atoms. The second-order valence-corrected chi connectivity index (χ2v) is 8.28. The highest BCUT2D eigenvalue weighted by Crippen LogP contribution is 2.43. The van der Waals surface area contributed by atoms with Crippen LogP contribution in [0.4, 0.5) is 0 Å². The molecule has 0 aliphatic heterocycles. The maximum atomic E-state index is 6.63. The Labute approximate surface area is 190 Å². The number of hydrogen-bond donors (Lipinski definition) is 0. The molecule has 0 amide bonds. The summed E-state index contributed by atoms with van der Waals surface area (Å²) in [4.78, 5) is 8.72. The summed E-state index contributed by atoms with van der Waals surface area (Å²) >= 11 is 0. The van der Waals surface area contributed by atoms with Gasteiger partial charge < -0.3 is 4.42 Å². The third-order valence-electron chi connectivity index (χ3n) is 6.43. The standard InChI is InChI=1S/C30H18N2O/c1-3-11-23-21(9-1)25(19-7-5-13-31-17-19)15-27-28-16-26(20-8-6-14-32-18-20)22-10-2-4-12-24(22)30(28)33-29(23)27/h1-18H. The van der Waals surface area contributed by atoms with Crippen LogP contribution in [0.25, 0.3) is 65.7 Å². The molecule has 0 aliphatic carbocycles. The molecule has 0 saturated carbocycles. The molecule has 0 aliphatic rings. The van der Waals surface area contributed by atoms with Gasteiger partial charge in [-0.15, -0.1) is 0 Å². The van der Waals surface area contributed by atoms with E-state index in [0.29, 0.717) is 0 Å². The molecular weight excluding hydrogens is 404 g/mol. The van der Waals surface area contributed by atoms with Gasteiger partial charge in [0.05, 0.1) is 0 Å². The van der Waals surface area contributed by atoms with Crippen molar-refractivity contribution in [1.29, 1.82) is 0 Å². The van der Waals surface area contributed by atoms with Crippen LogP contribution in [0.3, 0.4) is 0 Å². The van der Waals surface area contributed by atoms with E-state index in [2.05, 4.69) is 82.8 Å². The molecule has 0 fully saturated rings. The molecule has 4 aromatic carbocycles. The van der Waals surface area contributed by atoms with E-state index in [1.807, 2.05) is 36.9 Å². The summed E-state index contributed by atoms with van der Waals surface area (Å²) < 4.78 is 6.63. The molecule has 3 nitrogen and oxygen atoms in total. The zero-order chi connectivity index (χ0) is 21.8. The summed E-state index contributed by atoms with van der Waals surface area (Å²) in [5.41, 5.74) is 6.34. The Bertz CT molecular complexity index is 1670. The summed E-state index contributed by atoms with van der Waals surface area (Å²) in [5, 5.41) is 6.76. The van der Waals surface area contributed by atoms with Gasteiger partial charge in [0.15, 0.2) is 0 Å². The van der Waals surface area contributed by atoms with Crippen molar-refractivity contribution in [3.05, 3.63) is 110 Å². The van der Waals surface area contributed by atoms with Gasteiger partial charge in [-0.25, -0.2) is 0 Å². The molecule has 0 saturated heterocycles. The Morgan fingerprint density at radius 3 is 1.33 bits per heavy atom. The van der Waals surface area contributed by atoms with Crippen molar-refractivity contribution in [2.75, 3.05) is 0 Å². The van der Waals surface area contributed by atoms with E-state index in [9.17, 15) is 0 Å². The molecule has 7 aromatic rings. The smallest absolute Gasteiger partial charge is 0.143 e. The second kappa shape index (κ2) is 7.01. The van der Waals surface area contributed by atoms with Crippen LogP contribution in [0.2, 0.25) is 0 Å². The van der Waals surface area contributed by atoms with Crippen LogP contribution >= 0.6 is 0 Å². The minimum atomic E-state index is 0.918. The van der Waals surface area contributed by atoms with Gasteiger partial charge in [-0.2, -0.15) is 0 Å². The number of furan rings is 1. The number of aromatic nitrogens is 2. The zero-order valence-electron chi connectivity index (χ0n) is 17.7. The first-order valence-electron chi connectivity index (χ1n) is 11.0. The predicted molar refractivity (Wildman–Crippen MR) is 135 cm³/mol. The lowest BCUT2D eigenvalue weighted by molar-refractivity contribution is 0.676. The van der Waals surface area contributed by atoms with E-state index >= 15 is 0 Å². The van der Waals surface area contributed by atoms with E-state index in [-0.39, 0.29) is 0 Å². The van der Waals surface area contributed by atoms with Gasteiger partial charge >= 0.3 is 0 Å². The maximum Gasteiger partial charge on any atom is 0.143 e. The molecule has 0 atom stereocenters. The summed E-state index contributed by atoms with van der Waals surface area (Å²) in [6.07, 6.45) is 7.46. The van der Waals surface area contributed by atoms with Gasteiger partial charge in [-0.1, -0.05) is 60.7 Å². The van der Waals surface area contributed by atoms with Crippen LogP contribution in [-0.2, 0) is 0 Å². The third-order valence-corrected chi connectivity index (χ3v) is 6.43. The zero-order valence-corrected chi connectivity index (χ0v) is 17.7. The molecule has 7 rings (SSSR count). The maximum absolute atomic E-state index is 6.63. The monoisotopic (exact) mass is 422 g/mol. The lowest BCUT2D eigenvalue weighted by atomic mass is 9.93. The van der Waals surface area contributed by atoms with Crippen LogP contribution in [-0.4, -0.2) is 9.97 Å². The van der Waals surface area contributed by atoms with E-state index in [0.717, 1.165) is 65.7 Å². The van der Waals surface area contributed by atoms with Crippen LogP contribution in [0.5, 0.6) is 0 Å². The topological polar surface area (TPSA) is 38.9 Å². The average Bonchev–Trinajstić information content (AvgIpc) is 3.28. The molecule has 0 radical (unpaired) electrons. The molecule has 0 unspecified atom stereocenters. The van der Waals surface area contributed by atoms with Crippen molar-refractivity contribution in [1.82, 2.24) is 9.97 Å². The normalized spacial score (nSPS) is 11.6. The Morgan fingerprint density at radius 2 is 0.909 bits per heavy atom. The highest BCUT2D eigenvalue weighted by molar-refractivity contribution is 6.24. The van der Waals surface area contributed by atoms with Crippen LogP contribution in [0.1, 0.15) is 0 Å². The number of benzene rings is 4. The number of rotatable bonds is 2. The lowest BCUT2D eigenvalue weighted by Crippen LogP contribution is -1.85. The van der Waals surface area contributed by atoms with Gasteiger partial charge in [0, 0.05) is 57.5 Å². The first-order valence-corrected chi connectivity index (χ1v) is 11.0. The van der Waals surface area contributed by atoms with Crippen molar-refractivity contribution in [2.24, 2.45) is 0 Å². The highest BCUT2D eigenvalue weighted by Gasteiger charge is 2.18. The summed E-state index contributed by atoms with van der Waals surface area (Å²) in [6, 6.07) is 29.6. The Hall–Kier alpha value is -4.50. The fourth-order valence-electron chi connectivity index (χ4n) is 4.94. The van der Waals surface area contributed by atoms with E-state index in [1.165, 1.54) is 0 Å². The second-order valence-electron chi connectivity index (χ2n) is 8.28. The van der Waals surface area contributed by atoms with Gasteiger partial charge in [-0.3, -0.25) is 9.97 Å². The van der Waals surface area contributed by atoms with Crippen molar-refractivity contribution in [3.63, 3.8) is 0 Å². The molecule has 3 aromatic heterocycles. The molecule has 33 heavy (non-hydrogen) atoms. The number of pyridine rings is 2. The predicted octanol–water partition coefficient (Wildman–Crippen LogP) is 8.02. The van der Waals surface area contributed by atoms with Gasteiger partial charge in [0.25, 0.3) is 0 Å². The first kappa shape index (κ1) is 18.1. The SMILES string of the molecule is c1cncc(-c2cc3c4cc(-c5cccnc5)c5ccccc5c4oc3c3ccccc23)c1.